The Labute approximate surface area is 170 Å². The lowest BCUT2D eigenvalue weighted by atomic mass is 10.1. The third kappa shape index (κ3) is 4.59. The van der Waals surface area contributed by atoms with Gasteiger partial charge >= 0.3 is 6.01 Å². The first-order chi connectivity index (χ1) is 13.6. The first-order valence-corrected chi connectivity index (χ1v) is 11.0. The molecule has 29 heavy (non-hydrogen) atoms. The zero-order chi connectivity index (χ0) is 21.3. The van der Waals surface area contributed by atoms with Crippen LogP contribution < -0.4 is 15.0 Å². The topological polar surface area (TPSA) is 112 Å². The number of sulfonamides is 1. The van der Waals surface area contributed by atoms with Crippen molar-refractivity contribution in [3.63, 3.8) is 0 Å². The first-order valence-electron chi connectivity index (χ1n) is 9.41. The molecule has 0 aromatic carbocycles. The van der Waals surface area contributed by atoms with Gasteiger partial charge in [0, 0.05) is 36.4 Å². The summed E-state index contributed by atoms with van der Waals surface area (Å²) in [7, 11) is -1.96. The van der Waals surface area contributed by atoms with Crippen LogP contribution >= 0.6 is 0 Å². The van der Waals surface area contributed by atoms with E-state index in [1.54, 1.807) is 47.0 Å². The number of hydrogen-bond acceptors (Lipinski definition) is 7. The molecular formula is C19H26N4O5S. The zero-order valence-electron chi connectivity index (χ0n) is 17.2. The van der Waals surface area contributed by atoms with Crippen LogP contribution in [0.1, 0.15) is 31.4 Å². The molecule has 10 heteroatoms. The summed E-state index contributed by atoms with van der Waals surface area (Å²) in [5.74, 6) is 0.157. The number of ether oxygens (including phenoxy) is 2. The summed E-state index contributed by atoms with van der Waals surface area (Å²) in [5.41, 5.74) is 2.15. The molecule has 1 N–H and O–H groups in total. The van der Waals surface area contributed by atoms with E-state index in [-0.39, 0.29) is 23.5 Å². The highest BCUT2D eigenvalue weighted by molar-refractivity contribution is 7.93. The van der Waals surface area contributed by atoms with Gasteiger partial charge in [-0.15, -0.1) is 0 Å². The van der Waals surface area contributed by atoms with Crippen molar-refractivity contribution < 1.29 is 17.9 Å². The predicted octanol–water partition coefficient (Wildman–Crippen LogP) is 1.78. The van der Waals surface area contributed by atoms with Crippen molar-refractivity contribution in [2.24, 2.45) is 7.05 Å². The van der Waals surface area contributed by atoms with Gasteiger partial charge in [0.25, 0.3) is 5.56 Å². The van der Waals surface area contributed by atoms with E-state index in [2.05, 4.69) is 14.7 Å². The highest BCUT2D eigenvalue weighted by Crippen LogP contribution is 2.29. The summed E-state index contributed by atoms with van der Waals surface area (Å²) in [6, 6.07) is 1.79. The van der Waals surface area contributed by atoms with E-state index >= 15 is 0 Å². The molecule has 0 amide bonds. The maximum Gasteiger partial charge on any atom is 0.319 e. The van der Waals surface area contributed by atoms with Gasteiger partial charge in [-0.25, -0.2) is 8.42 Å². The fourth-order valence-electron chi connectivity index (χ4n) is 2.94. The van der Waals surface area contributed by atoms with Gasteiger partial charge in [0.05, 0.1) is 24.2 Å². The van der Waals surface area contributed by atoms with E-state index < -0.39 is 15.3 Å². The molecule has 1 atom stereocenters. The van der Waals surface area contributed by atoms with Crippen LogP contribution in [0.15, 0.2) is 17.1 Å². The number of aromatic nitrogens is 3. The Morgan fingerprint density at radius 3 is 2.62 bits per heavy atom. The van der Waals surface area contributed by atoms with Crippen molar-refractivity contribution in [1.29, 1.82) is 0 Å². The summed E-state index contributed by atoms with van der Waals surface area (Å²) in [6.45, 7) is 7.65. The average molecular weight is 423 g/mol. The van der Waals surface area contributed by atoms with Crippen molar-refractivity contribution in [3.8, 4) is 17.3 Å². The Hall–Kier alpha value is -2.46. The van der Waals surface area contributed by atoms with Gasteiger partial charge in [0.15, 0.2) is 0 Å². The molecule has 1 fully saturated rings. The molecule has 0 radical (unpaired) electrons. The predicted molar refractivity (Wildman–Crippen MR) is 110 cm³/mol. The third-order valence-electron chi connectivity index (χ3n) is 4.78. The second kappa shape index (κ2) is 8.11. The van der Waals surface area contributed by atoms with Crippen LogP contribution in [0.25, 0.3) is 11.3 Å². The molecule has 0 bridgehead atoms. The summed E-state index contributed by atoms with van der Waals surface area (Å²) in [4.78, 5) is 20.9. The molecule has 2 aromatic rings. The number of nitrogens with zero attached hydrogens (tertiary/aromatic N) is 3. The SMILES string of the molecule is Cc1c(NS(=O)(=O)C(C)C)nc(OC2CCOC2)nc1-c1cc(C)c(=O)n(C)c1. The van der Waals surface area contributed by atoms with Crippen molar-refractivity contribution >= 4 is 15.8 Å². The Morgan fingerprint density at radius 1 is 1.31 bits per heavy atom. The molecule has 0 spiro atoms. The van der Waals surface area contributed by atoms with Crippen molar-refractivity contribution in [3.05, 3.63) is 33.7 Å². The molecule has 1 unspecified atom stereocenters. The van der Waals surface area contributed by atoms with Gasteiger partial charge in [0.2, 0.25) is 10.0 Å². The highest BCUT2D eigenvalue weighted by atomic mass is 32.2. The lowest BCUT2D eigenvalue weighted by molar-refractivity contribution is 0.134. The largest absolute Gasteiger partial charge is 0.458 e. The molecule has 2 aromatic heterocycles. The van der Waals surface area contributed by atoms with Gasteiger partial charge in [0.1, 0.15) is 11.9 Å². The van der Waals surface area contributed by atoms with Gasteiger partial charge in [-0.2, -0.15) is 9.97 Å². The second-order valence-electron chi connectivity index (χ2n) is 7.46. The van der Waals surface area contributed by atoms with E-state index in [0.29, 0.717) is 42.0 Å². The highest BCUT2D eigenvalue weighted by Gasteiger charge is 2.24. The fourth-order valence-corrected chi connectivity index (χ4v) is 3.65. The number of hydrogen-bond donors (Lipinski definition) is 1. The van der Waals surface area contributed by atoms with Crippen LogP contribution in [0.2, 0.25) is 0 Å². The van der Waals surface area contributed by atoms with Crippen LogP contribution in [-0.2, 0) is 21.8 Å². The summed E-state index contributed by atoms with van der Waals surface area (Å²) >= 11 is 0. The standard InChI is InChI=1S/C19H26N4O5S/c1-11(2)29(25,26)22-17-13(4)16(14-8-12(3)18(24)23(5)9-14)20-19(21-17)28-15-6-7-27-10-15/h8-9,11,15H,6-7,10H2,1-5H3,(H,20,21,22). The van der Waals surface area contributed by atoms with Crippen molar-refractivity contribution in [1.82, 2.24) is 14.5 Å². The Balaban J connectivity index is 2.13. The summed E-state index contributed by atoms with van der Waals surface area (Å²) < 4.78 is 40.0. The first kappa shape index (κ1) is 21.3. The Morgan fingerprint density at radius 2 is 2.03 bits per heavy atom. The number of aryl methyl sites for hydroxylation is 2. The molecule has 3 heterocycles. The minimum absolute atomic E-state index is 0.0639. The van der Waals surface area contributed by atoms with Crippen molar-refractivity contribution in [2.45, 2.75) is 45.5 Å². The Kier molecular flexibility index (Phi) is 5.95. The van der Waals surface area contributed by atoms with Crippen molar-refractivity contribution in [2.75, 3.05) is 17.9 Å². The number of rotatable bonds is 6. The number of nitrogens with one attached hydrogen (secondary N) is 1. The second-order valence-corrected chi connectivity index (χ2v) is 9.69. The minimum Gasteiger partial charge on any atom is -0.458 e. The molecule has 0 aliphatic carbocycles. The van der Waals surface area contributed by atoms with Gasteiger partial charge in [-0.3, -0.25) is 9.52 Å². The molecule has 1 saturated heterocycles. The molecule has 0 saturated carbocycles. The normalized spacial score (nSPS) is 17.0. The van der Waals surface area contributed by atoms with Crippen LogP contribution in [0.5, 0.6) is 6.01 Å². The van der Waals surface area contributed by atoms with Crippen LogP contribution in [0, 0.1) is 13.8 Å². The maximum atomic E-state index is 12.4. The zero-order valence-corrected chi connectivity index (χ0v) is 18.0. The van der Waals surface area contributed by atoms with Gasteiger partial charge in [-0.1, -0.05) is 0 Å². The quantitative estimate of drug-likeness (QED) is 0.755. The van der Waals surface area contributed by atoms with E-state index in [1.165, 1.54) is 4.57 Å². The lowest BCUT2D eigenvalue weighted by Gasteiger charge is -2.17. The number of pyridine rings is 1. The molecule has 1 aliphatic rings. The van der Waals surface area contributed by atoms with E-state index in [1.807, 2.05) is 0 Å². The van der Waals surface area contributed by atoms with E-state index in [4.69, 9.17) is 9.47 Å². The monoisotopic (exact) mass is 422 g/mol. The van der Waals surface area contributed by atoms with Gasteiger partial charge < -0.3 is 14.0 Å². The smallest absolute Gasteiger partial charge is 0.319 e. The minimum atomic E-state index is -3.62. The number of anilines is 1. The van der Waals surface area contributed by atoms with E-state index in [9.17, 15) is 13.2 Å². The van der Waals surface area contributed by atoms with Gasteiger partial charge in [-0.05, 0) is 33.8 Å². The molecule has 3 rings (SSSR count). The molecule has 1 aliphatic heterocycles. The maximum absolute atomic E-state index is 12.4. The van der Waals surface area contributed by atoms with E-state index in [0.717, 1.165) is 0 Å². The molecule has 9 nitrogen and oxygen atoms in total. The lowest BCUT2D eigenvalue weighted by Crippen LogP contribution is -2.25. The summed E-state index contributed by atoms with van der Waals surface area (Å²) in [5, 5.41) is -0.632. The van der Waals surface area contributed by atoms with Crippen LogP contribution in [-0.4, -0.2) is 47.5 Å². The fraction of sp³-hybridized carbons (Fsp3) is 0.526. The van der Waals surface area contributed by atoms with Crippen LogP contribution in [0.4, 0.5) is 5.82 Å². The third-order valence-corrected chi connectivity index (χ3v) is 6.50. The van der Waals surface area contributed by atoms with Crippen LogP contribution in [0.3, 0.4) is 0 Å². The molecular weight excluding hydrogens is 396 g/mol. The Bertz CT molecular complexity index is 1050. The average Bonchev–Trinajstić information content (AvgIpc) is 3.14. The molecule has 158 valence electrons. The summed E-state index contributed by atoms with van der Waals surface area (Å²) in [6.07, 6.45) is 2.17.